The highest BCUT2D eigenvalue weighted by atomic mass is 16.6. The summed E-state index contributed by atoms with van der Waals surface area (Å²) in [5.41, 5.74) is 2.24. The first-order chi connectivity index (χ1) is 16.3. The van der Waals surface area contributed by atoms with Gasteiger partial charge in [-0.25, -0.2) is 19.4 Å². The van der Waals surface area contributed by atoms with Crippen LogP contribution < -0.4 is 9.80 Å². The number of hydrogen-bond donors (Lipinski definition) is 1. The fourth-order valence-electron chi connectivity index (χ4n) is 4.21. The Labute approximate surface area is 205 Å². The quantitative estimate of drug-likeness (QED) is 0.618. The second kappa shape index (κ2) is 8.96. The number of imide groups is 1. The summed E-state index contributed by atoms with van der Waals surface area (Å²) < 4.78 is 11.1. The minimum Gasteiger partial charge on any atom is -0.443 e. The average Bonchev–Trinajstić information content (AvgIpc) is 3.15. The van der Waals surface area contributed by atoms with Crippen LogP contribution in [-0.4, -0.2) is 53.6 Å². The van der Waals surface area contributed by atoms with Gasteiger partial charge in [0, 0.05) is 18.2 Å². The van der Waals surface area contributed by atoms with E-state index in [1.807, 2.05) is 45.0 Å². The van der Waals surface area contributed by atoms with Gasteiger partial charge in [0.15, 0.2) is 17.7 Å². The Morgan fingerprint density at radius 1 is 1.00 bits per heavy atom. The van der Waals surface area contributed by atoms with Crippen molar-refractivity contribution < 1.29 is 28.8 Å². The van der Waals surface area contributed by atoms with E-state index in [0.29, 0.717) is 30.7 Å². The zero-order valence-corrected chi connectivity index (χ0v) is 21.2. The number of quaternary nitrogens is 1. The van der Waals surface area contributed by atoms with Gasteiger partial charge in [-0.15, -0.1) is 0 Å². The fraction of sp³-hybridized carbons (Fsp3) is 0.462. The van der Waals surface area contributed by atoms with Crippen molar-refractivity contribution in [3.05, 3.63) is 47.3 Å². The molecule has 9 heteroatoms. The Morgan fingerprint density at radius 2 is 1.63 bits per heavy atom. The molecule has 3 amide bonds. The predicted octanol–water partition coefficient (Wildman–Crippen LogP) is 3.70. The minimum atomic E-state index is -0.691. The SMILES string of the molecule is CC(C)(C)OC(=O)N1CCCC(=CC2=C3CN(C(=O)OC(C)(C)C)c4ccccc4[NH+]3C=N2)C1=O. The molecular weight excluding hydrogens is 448 g/mol. The van der Waals surface area contributed by atoms with E-state index in [1.165, 1.54) is 0 Å². The lowest BCUT2D eigenvalue weighted by atomic mass is 10.0. The summed E-state index contributed by atoms with van der Waals surface area (Å²) in [6, 6.07) is 7.62. The maximum absolute atomic E-state index is 13.1. The third-order valence-corrected chi connectivity index (χ3v) is 5.65. The van der Waals surface area contributed by atoms with Crippen LogP contribution in [0.5, 0.6) is 0 Å². The molecule has 1 saturated heterocycles. The van der Waals surface area contributed by atoms with Crippen molar-refractivity contribution in [1.29, 1.82) is 0 Å². The molecule has 3 aliphatic heterocycles. The zero-order chi connectivity index (χ0) is 25.5. The third-order valence-electron chi connectivity index (χ3n) is 5.65. The second-order valence-electron chi connectivity index (χ2n) is 10.8. The number of ether oxygens (including phenoxy) is 2. The molecule has 0 aromatic heterocycles. The average molecular weight is 482 g/mol. The zero-order valence-electron chi connectivity index (χ0n) is 21.2. The van der Waals surface area contributed by atoms with Gasteiger partial charge in [-0.1, -0.05) is 12.1 Å². The number of carbonyl (C=O) groups excluding carboxylic acids is 3. The fourth-order valence-corrected chi connectivity index (χ4v) is 4.21. The standard InChI is InChI=1S/C26H32N4O5/c1-25(2,3)34-23(32)28-13-9-10-17(22(28)31)14-18-21-15-29(24(33)35-26(4,5)6)19-11-7-8-12-20(19)30(21)16-27-18/h7-8,11-12,14,16H,9-10,13,15H2,1-6H3/p+1. The Bertz CT molecular complexity index is 1150. The van der Waals surface area contributed by atoms with E-state index in [2.05, 4.69) is 4.99 Å². The molecule has 186 valence electrons. The van der Waals surface area contributed by atoms with Gasteiger partial charge in [-0.2, -0.15) is 4.99 Å². The van der Waals surface area contributed by atoms with E-state index in [4.69, 9.17) is 9.47 Å². The Hall–Kier alpha value is -3.46. The van der Waals surface area contributed by atoms with Crippen LogP contribution in [0, 0.1) is 0 Å². The highest BCUT2D eigenvalue weighted by Gasteiger charge is 2.40. The third kappa shape index (κ3) is 5.30. The number of benzene rings is 1. The summed E-state index contributed by atoms with van der Waals surface area (Å²) in [5.74, 6) is -0.373. The van der Waals surface area contributed by atoms with Gasteiger partial charge in [0.25, 0.3) is 5.91 Å². The number of rotatable bonds is 1. The molecular formula is C26H33N4O5+. The maximum Gasteiger partial charge on any atom is 0.417 e. The van der Waals surface area contributed by atoms with Gasteiger partial charge in [0.2, 0.25) is 0 Å². The molecule has 1 aromatic rings. The van der Waals surface area contributed by atoms with Crippen LogP contribution in [0.15, 0.2) is 52.3 Å². The molecule has 0 bridgehead atoms. The van der Waals surface area contributed by atoms with Crippen molar-refractivity contribution >= 4 is 35.8 Å². The summed E-state index contributed by atoms with van der Waals surface area (Å²) >= 11 is 0. The van der Waals surface area contributed by atoms with E-state index >= 15 is 0 Å². The lowest BCUT2D eigenvalue weighted by molar-refractivity contribution is -0.674. The highest BCUT2D eigenvalue weighted by molar-refractivity contribution is 6.03. The number of fused-ring (bicyclic) bond motifs is 3. The largest absolute Gasteiger partial charge is 0.443 e. The second-order valence-corrected chi connectivity index (χ2v) is 10.8. The van der Waals surface area contributed by atoms with E-state index in [1.54, 1.807) is 38.1 Å². The number of hydrogen-bond acceptors (Lipinski definition) is 6. The smallest absolute Gasteiger partial charge is 0.417 e. The Kier molecular flexibility index (Phi) is 6.31. The molecule has 1 unspecified atom stereocenters. The molecule has 1 fully saturated rings. The maximum atomic E-state index is 13.1. The van der Waals surface area contributed by atoms with Crippen molar-refractivity contribution in [2.45, 2.75) is 65.6 Å². The van der Waals surface area contributed by atoms with Gasteiger partial charge in [0.1, 0.15) is 29.1 Å². The van der Waals surface area contributed by atoms with Gasteiger partial charge in [-0.3, -0.25) is 9.69 Å². The van der Waals surface area contributed by atoms with E-state index in [-0.39, 0.29) is 12.5 Å². The topological polar surface area (TPSA) is 92.9 Å². The molecule has 1 N–H and O–H groups in total. The van der Waals surface area contributed by atoms with Crippen molar-refractivity contribution in [2.24, 2.45) is 4.99 Å². The van der Waals surface area contributed by atoms with Crippen LogP contribution in [0.3, 0.4) is 0 Å². The molecule has 9 nitrogen and oxygen atoms in total. The van der Waals surface area contributed by atoms with Crippen LogP contribution in [0.4, 0.5) is 21.0 Å². The van der Waals surface area contributed by atoms with Gasteiger partial charge < -0.3 is 9.47 Å². The number of piperidine rings is 1. The lowest BCUT2D eigenvalue weighted by Gasteiger charge is -2.33. The van der Waals surface area contributed by atoms with E-state index in [9.17, 15) is 14.4 Å². The molecule has 35 heavy (non-hydrogen) atoms. The van der Waals surface area contributed by atoms with Crippen LogP contribution >= 0.6 is 0 Å². The molecule has 1 atom stereocenters. The van der Waals surface area contributed by atoms with Crippen molar-refractivity contribution in [3.8, 4) is 0 Å². The summed E-state index contributed by atoms with van der Waals surface area (Å²) in [4.78, 5) is 47.0. The molecule has 0 aliphatic carbocycles. The van der Waals surface area contributed by atoms with Crippen LogP contribution in [-0.2, 0) is 14.3 Å². The molecule has 0 radical (unpaired) electrons. The van der Waals surface area contributed by atoms with Crippen LogP contribution in [0.2, 0.25) is 0 Å². The molecule has 0 spiro atoms. The molecule has 0 saturated carbocycles. The first kappa shape index (κ1) is 24.7. The highest BCUT2D eigenvalue weighted by Crippen LogP contribution is 2.31. The number of para-hydroxylation sites is 2. The predicted molar refractivity (Wildman–Crippen MR) is 131 cm³/mol. The molecule has 1 aromatic carbocycles. The number of likely N-dealkylation sites (tertiary alicyclic amines) is 1. The van der Waals surface area contributed by atoms with Gasteiger partial charge in [-0.05, 0) is 66.5 Å². The first-order valence-electron chi connectivity index (χ1n) is 11.8. The van der Waals surface area contributed by atoms with Gasteiger partial charge in [0.05, 0.1) is 0 Å². The van der Waals surface area contributed by atoms with Crippen LogP contribution in [0.1, 0.15) is 54.4 Å². The number of aliphatic imine (C=N–C) groups is 1. The minimum absolute atomic E-state index is 0.268. The summed E-state index contributed by atoms with van der Waals surface area (Å²) in [7, 11) is 0. The van der Waals surface area contributed by atoms with Crippen molar-refractivity contribution in [1.82, 2.24) is 4.90 Å². The van der Waals surface area contributed by atoms with Gasteiger partial charge >= 0.3 is 12.2 Å². The van der Waals surface area contributed by atoms with Crippen LogP contribution in [0.25, 0.3) is 0 Å². The summed E-state index contributed by atoms with van der Waals surface area (Å²) in [5, 5.41) is 0. The molecule has 4 rings (SSSR count). The number of allylic oxidation sites excluding steroid dienone is 1. The lowest BCUT2D eigenvalue weighted by Crippen LogP contribution is -3.05. The first-order valence-corrected chi connectivity index (χ1v) is 11.8. The number of nitrogens with zero attached hydrogens (tertiary/aromatic N) is 3. The Balaban J connectivity index is 1.66. The van der Waals surface area contributed by atoms with E-state index in [0.717, 1.165) is 26.9 Å². The monoisotopic (exact) mass is 481 g/mol. The summed E-state index contributed by atoms with van der Waals surface area (Å²) in [6.45, 7) is 11.4. The number of anilines is 1. The number of carbonyl (C=O) groups is 3. The van der Waals surface area contributed by atoms with Crippen molar-refractivity contribution in [3.63, 3.8) is 0 Å². The Morgan fingerprint density at radius 3 is 2.29 bits per heavy atom. The van der Waals surface area contributed by atoms with Crippen molar-refractivity contribution in [2.75, 3.05) is 18.0 Å². The normalized spacial score (nSPS) is 21.3. The number of nitrogens with one attached hydrogen (secondary N) is 1. The summed E-state index contributed by atoms with van der Waals surface area (Å²) in [6.07, 6.45) is 3.60. The van der Waals surface area contributed by atoms with E-state index < -0.39 is 23.4 Å². The molecule has 3 aliphatic rings. The molecule has 3 heterocycles. The number of amides is 3.